The van der Waals surface area contributed by atoms with E-state index in [4.69, 9.17) is 4.74 Å². The number of halogens is 1. The minimum atomic E-state index is -0.622. The number of fused-ring (bicyclic) bond motifs is 1. The number of rotatable bonds is 7. The molecule has 0 aliphatic heterocycles. The molecule has 1 N–H and O–H groups in total. The van der Waals surface area contributed by atoms with Crippen LogP contribution < -0.4 is 9.64 Å². The molecule has 0 bridgehead atoms. The largest absolute Gasteiger partial charge is 0.494 e. The molecule has 8 heteroatoms. The highest BCUT2D eigenvalue weighted by Gasteiger charge is 2.19. The van der Waals surface area contributed by atoms with Crippen LogP contribution in [0.1, 0.15) is 5.56 Å². The molecule has 0 spiro atoms. The van der Waals surface area contributed by atoms with Gasteiger partial charge in [0.1, 0.15) is 5.65 Å². The van der Waals surface area contributed by atoms with Crippen molar-refractivity contribution in [2.75, 3.05) is 39.7 Å². The number of amides is 1. The van der Waals surface area contributed by atoms with Gasteiger partial charge in [-0.05, 0) is 55.6 Å². The Hall–Kier alpha value is -4.48. The predicted octanol–water partition coefficient (Wildman–Crippen LogP) is 5.00. The fraction of sp³-hybridized carbons (Fsp3) is 0.179. The summed E-state index contributed by atoms with van der Waals surface area (Å²) in [5, 5.41) is 10.1. The quantitative estimate of drug-likeness (QED) is 0.374. The number of anilines is 1. The average Bonchev–Trinajstić information content (AvgIpc) is 3.31. The van der Waals surface area contributed by atoms with Crippen molar-refractivity contribution in [3.05, 3.63) is 78.4 Å². The van der Waals surface area contributed by atoms with E-state index in [1.54, 1.807) is 30.5 Å². The Morgan fingerprint density at radius 3 is 2.69 bits per heavy atom. The van der Waals surface area contributed by atoms with Crippen molar-refractivity contribution >= 4 is 22.6 Å². The maximum Gasteiger partial charge on any atom is 0.250 e. The van der Waals surface area contributed by atoms with E-state index < -0.39 is 5.82 Å². The number of ether oxygens (including phenoxy) is 1. The van der Waals surface area contributed by atoms with Crippen LogP contribution in [0.4, 0.5) is 10.1 Å². The van der Waals surface area contributed by atoms with E-state index in [1.807, 2.05) is 49.5 Å². The summed E-state index contributed by atoms with van der Waals surface area (Å²) in [7, 11) is 6.71. The van der Waals surface area contributed by atoms with Crippen LogP contribution in [-0.2, 0) is 4.79 Å². The lowest BCUT2D eigenvalue weighted by Crippen LogP contribution is -2.25. The number of nitrogens with zero attached hydrogens (tertiary/aromatic N) is 4. The Kier molecular flexibility index (Phi) is 7.13. The highest BCUT2D eigenvalue weighted by molar-refractivity contribution is 6.02. The molecule has 0 unspecified atom stereocenters. The van der Waals surface area contributed by atoms with Crippen LogP contribution >= 0.6 is 0 Å². The summed E-state index contributed by atoms with van der Waals surface area (Å²) >= 11 is 0. The van der Waals surface area contributed by atoms with Gasteiger partial charge in [-0.2, -0.15) is 5.26 Å². The van der Waals surface area contributed by atoms with E-state index in [2.05, 4.69) is 16.0 Å². The van der Waals surface area contributed by atoms with Gasteiger partial charge in [-0.15, -0.1) is 0 Å². The van der Waals surface area contributed by atoms with Crippen molar-refractivity contribution in [1.29, 1.82) is 5.26 Å². The Morgan fingerprint density at radius 2 is 1.97 bits per heavy atom. The Bertz CT molecular complexity index is 1500. The molecule has 2 heterocycles. The maximum absolute atomic E-state index is 15.2. The molecule has 7 nitrogen and oxygen atoms in total. The van der Waals surface area contributed by atoms with Gasteiger partial charge in [0.15, 0.2) is 11.6 Å². The Morgan fingerprint density at radius 1 is 1.17 bits per heavy atom. The summed E-state index contributed by atoms with van der Waals surface area (Å²) in [5.41, 5.74) is 4.49. The molecule has 0 atom stereocenters. The lowest BCUT2D eigenvalue weighted by Gasteiger charge is -2.19. The van der Waals surface area contributed by atoms with E-state index in [0.29, 0.717) is 23.3 Å². The number of aromatic amines is 1. The molecule has 4 rings (SSSR count). The molecule has 36 heavy (non-hydrogen) atoms. The van der Waals surface area contributed by atoms with Gasteiger partial charge < -0.3 is 19.5 Å². The second-order valence-corrected chi connectivity index (χ2v) is 8.59. The third-order valence-electron chi connectivity index (χ3n) is 5.83. The van der Waals surface area contributed by atoms with Gasteiger partial charge in [-0.25, -0.2) is 9.37 Å². The van der Waals surface area contributed by atoms with Gasteiger partial charge in [0, 0.05) is 48.6 Å². The Balaban J connectivity index is 1.77. The van der Waals surface area contributed by atoms with Crippen molar-refractivity contribution in [3.8, 4) is 34.1 Å². The van der Waals surface area contributed by atoms with Crippen molar-refractivity contribution in [1.82, 2.24) is 14.9 Å². The summed E-state index contributed by atoms with van der Waals surface area (Å²) in [5.74, 6) is -0.952. The van der Waals surface area contributed by atoms with Gasteiger partial charge >= 0.3 is 0 Å². The van der Waals surface area contributed by atoms with Crippen molar-refractivity contribution < 1.29 is 13.9 Å². The minimum Gasteiger partial charge on any atom is -0.494 e. The molecule has 0 radical (unpaired) electrons. The van der Waals surface area contributed by atoms with Crippen LogP contribution in [0.5, 0.6) is 5.75 Å². The van der Waals surface area contributed by atoms with Gasteiger partial charge in [-0.3, -0.25) is 4.79 Å². The van der Waals surface area contributed by atoms with E-state index >= 15 is 4.39 Å². The molecule has 0 aliphatic rings. The van der Waals surface area contributed by atoms with E-state index in [-0.39, 0.29) is 17.3 Å². The minimum absolute atomic E-state index is 0.0236. The number of carbonyl (C=O) groups is 1. The molecule has 0 fully saturated rings. The van der Waals surface area contributed by atoms with Crippen LogP contribution in [0.25, 0.3) is 33.3 Å². The first-order valence-electron chi connectivity index (χ1n) is 11.3. The number of aromatic nitrogens is 2. The third-order valence-corrected chi connectivity index (χ3v) is 5.83. The molecule has 4 aromatic rings. The van der Waals surface area contributed by atoms with Crippen LogP contribution in [-0.4, -0.2) is 55.6 Å². The number of methoxy groups -OCH3 is 1. The second-order valence-electron chi connectivity index (χ2n) is 8.59. The van der Waals surface area contributed by atoms with E-state index in [9.17, 15) is 10.1 Å². The lowest BCUT2D eigenvalue weighted by molar-refractivity contribution is -0.113. The SMILES string of the molecule is COc1cc(-c2cnc3[nH]cc(-c4cccc(C#N)c4)c3c2)cc(N(C)C(=O)/C=C/CN(C)C)c1F. The van der Waals surface area contributed by atoms with Crippen molar-refractivity contribution in [2.24, 2.45) is 0 Å². The number of pyridine rings is 1. The highest BCUT2D eigenvalue weighted by Crippen LogP contribution is 2.36. The van der Waals surface area contributed by atoms with Crippen LogP contribution in [0.3, 0.4) is 0 Å². The standard InChI is InChI=1S/C28H26FN5O2/c1-33(2)10-6-9-26(35)34(3)24-13-20(14-25(36-4)27(24)29)21-12-22-23(17-32-28(22)31-16-21)19-8-5-7-18(11-19)15-30/h5-9,11-14,16-17H,10H2,1-4H3,(H,31,32)/b9-6+. The number of likely N-dealkylation sites (N-methyl/N-ethyl adjacent to an activating group) is 2. The lowest BCUT2D eigenvalue weighted by atomic mass is 10.0. The fourth-order valence-electron chi connectivity index (χ4n) is 3.89. The zero-order valence-electron chi connectivity index (χ0n) is 20.5. The van der Waals surface area contributed by atoms with E-state index in [0.717, 1.165) is 22.1 Å². The summed E-state index contributed by atoms with van der Waals surface area (Å²) in [6.45, 7) is 0.591. The summed E-state index contributed by atoms with van der Waals surface area (Å²) in [4.78, 5) is 23.6. The number of nitriles is 1. The smallest absolute Gasteiger partial charge is 0.250 e. The molecule has 0 saturated heterocycles. The highest BCUT2D eigenvalue weighted by atomic mass is 19.1. The van der Waals surface area contributed by atoms with Gasteiger partial charge in [0.2, 0.25) is 0 Å². The van der Waals surface area contributed by atoms with Crippen molar-refractivity contribution in [3.63, 3.8) is 0 Å². The molecule has 2 aromatic heterocycles. The van der Waals surface area contributed by atoms with Gasteiger partial charge in [-0.1, -0.05) is 18.2 Å². The van der Waals surface area contributed by atoms with Crippen LogP contribution in [0, 0.1) is 17.1 Å². The summed E-state index contributed by atoms with van der Waals surface area (Å²) in [6.07, 6.45) is 6.68. The number of hydrogen-bond acceptors (Lipinski definition) is 5. The monoisotopic (exact) mass is 483 g/mol. The van der Waals surface area contributed by atoms with Crippen LogP contribution in [0.15, 0.2) is 67.0 Å². The zero-order chi connectivity index (χ0) is 25.8. The number of hydrogen-bond donors (Lipinski definition) is 1. The summed E-state index contributed by atoms with van der Waals surface area (Å²) in [6, 6.07) is 14.6. The number of carbonyl (C=O) groups excluding carboxylic acids is 1. The molecule has 1 amide bonds. The first kappa shape index (κ1) is 24.6. The predicted molar refractivity (Wildman–Crippen MR) is 139 cm³/mol. The normalized spacial score (nSPS) is 11.2. The maximum atomic E-state index is 15.2. The summed E-state index contributed by atoms with van der Waals surface area (Å²) < 4.78 is 20.5. The zero-order valence-corrected chi connectivity index (χ0v) is 20.5. The van der Waals surface area contributed by atoms with Crippen molar-refractivity contribution in [2.45, 2.75) is 0 Å². The van der Waals surface area contributed by atoms with Gasteiger partial charge in [0.05, 0.1) is 24.4 Å². The second kappa shape index (κ2) is 10.4. The molecule has 0 saturated carbocycles. The molecular weight excluding hydrogens is 457 g/mol. The molecule has 182 valence electrons. The first-order chi connectivity index (χ1) is 17.3. The average molecular weight is 484 g/mol. The fourth-order valence-corrected chi connectivity index (χ4v) is 3.89. The number of benzene rings is 2. The van der Waals surface area contributed by atoms with Crippen LogP contribution in [0.2, 0.25) is 0 Å². The Labute approximate surface area is 209 Å². The first-order valence-corrected chi connectivity index (χ1v) is 11.3. The topological polar surface area (TPSA) is 85.2 Å². The molecule has 2 aromatic carbocycles. The number of nitrogens with one attached hydrogen (secondary N) is 1. The molecular formula is C28H26FN5O2. The van der Waals surface area contributed by atoms with Gasteiger partial charge in [0.25, 0.3) is 5.91 Å². The van der Waals surface area contributed by atoms with E-state index in [1.165, 1.54) is 25.1 Å². The molecule has 0 aliphatic carbocycles. The number of H-pyrrole nitrogens is 1. The third kappa shape index (κ3) is 4.97.